The molecule has 5 heteroatoms. The molecule has 0 bridgehead atoms. The van der Waals surface area contributed by atoms with Gasteiger partial charge in [0.25, 0.3) is 0 Å². The van der Waals surface area contributed by atoms with Crippen molar-refractivity contribution in [2.24, 2.45) is 11.7 Å². The fourth-order valence-corrected chi connectivity index (χ4v) is 2.45. The zero-order valence-corrected chi connectivity index (χ0v) is 11.1. The minimum Gasteiger partial charge on any atom is -0.385 e. The number of nitrogens with two attached hydrogens (primary N) is 1. The van der Waals surface area contributed by atoms with Crippen LogP contribution >= 0.6 is 11.5 Å². The van der Waals surface area contributed by atoms with Gasteiger partial charge in [-0.1, -0.05) is 24.8 Å². The maximum Gasteiger partial charge on any atom is 0.0803 e. The van der Waals surface area contributed by atoms with Crippen LogP contribution in [0.4, 0.5) is 0 Å². The molecular formula is C11H21N3OS. The van der Waals surface area contributed by atoms with E-state index in [1.165, 1.54) is 11.5 Å². The molecule has 0 aromatic carbocycles. The van der Waals surface area contributed by atoms with Crippen molar-refractivity contribution in [1.29, 1.82) is 0 Å². The highest BCUT2D eigenvalue weighted by molar-refractivity contribution is 7.05. The number of aryl methyl sites for hydroxylation is 1. The van der Waals surface area contributed by atoms with Crippen LogP contribution in [0.3, 0.4) is 0 Å². The van der Waals surface area contributed by atoms with Crippen molar-refractivity contribution in [2.75, 3.05) is 13.7 Å². The number of nitrogens with zero attached hydrogens (tertiary/aromatic N) is 2. The summed E-state index contributed by atoms with van der Waals surface area (Å²) in [5, 5.41) is 4.15. The van der Waals surface area contributed by atoms with Crippen LogP contribution in [0.25, 0.3) is 0 Å². The third-order valence-corrected chi connectivity index (χ3v) is 3.63. The normalized spacial score (nSPS) is 15.0. The summed E-state index contributed by atoms with van der Waals surface area (Å²) in [4.78, 5) is 1.14. The molecule has 0 aliphatic carbocycles. The maximum atomic E-state index is 6.23. The monoisotopic (exact) mass is 243 g/mol. The van der Waals surface area contributed by atoms with Crippen LogP contribution in [0.2, 0.25) is 0 Å². The summed E-state index contributed by atoms with van der Waals surface area (Å²) in [5.74, 6) is 0.401. The van der Waals surface area contributed by atoms with Crippen molar-refractivity contribution in [1.82, 2.24) is 9.59 Å². The topological polar surface area (TPSA) is 61.0 Å². The molecule has 2 N–H and O–H groups in total. The summed E-state index contributed by atoms with van der Waals surface area (Å²) >= 11 is 1.43. The highest BCUT2D eigenvalue weighted by Crippen LogP contribution is 2.27. The van der Waals surface area contributed by atoms with E-state index in [4.69, 9.17) is 10.5 Å². The van der Waals surface area contributed by atoms with Crippen molar-refractivity contribution in [2.45, 2.75) is 39.2 Å². The van der Waals surface area contributed by atoms with Gasteiger partial charge < -0.3 is 10.5 Å². The number of hydrogen-bond donors (Lipinski definition) is 1. The molecule has 2 unspecified atom stereocenters. The van der Waals surface area contributed by atoms with Crippen molar-refractivity contribution in [3.8, 4) is 0 Å². The lowest BCUT2D eigenvalue weighted by atomic mass is 9.96. The molecule has 1 aromatic rings. The Morgan fingerprint density at radius 1 is 1.50 bits per heavy atom. The summed E-state index contributed by atoms with van der Waals surface area (Å²) in [7, 11) is 1.72. The first-order valence-corrected chi connectivity index (χ1v) is 6.53. The van der Waals surface area contributed by atoms with Crippen LogP contribution in [0.5, 0.6) is 0 Å². The van der Waals surface area contributed by atoms with E-state index >= 15 is 0 Å². The average Bonchev–Trinajstić information content (AvgIpc) is 2.73. The molecule has 0 aliphatic rings. The minimum atomic E-state index is 0.0386. The molecule has 1 heterocycles. The van der Waals surface area contributed by atoms with Crippen LogP contribution in [-0.4, -0.2) is 23.3 Å². The molecule has 92 valence electrons. The Morgan fingerprint density at radius 2 is 2.25 bits per heavy atom. The summed E-state index contributed by atoms with van der Waals surface area (Å²) in [6.45, 7) is 5.05. The van der Waals surface area contributed by atoms with Crippen LogP contribution in [0, 0.1) is 5.92 Å². The Bertz CT molecular complexity index is 303. The molecule has 4 nitrogen and oxygen atoms in total. The minimum absolute atomic E-state index is 0.0386. The Balaban J connectivity index is 2.63. The van der Waals surface area contributed by atoms with Crippen molar-refractivity contribution < 1.29 is 4.74 Å². The smallest absolute Gasteiger partial charge is 0.0803 e. The highest BCUT2D eigenvalue weighted by atomic mass is 32.1. The molecule has 0 amide bonds. The fraction of sp³-hybridized carbons (Fsp3) is 0.818. The van der Waals surface area contributed by atoms with E-state index in [2.05, 4.69) is 23.4 Å². The second-order valence-corrected chi connectivity index (χ2v) is 4.90. The van der Waals surface area contributed by atoms with E-state index in [9.17, 15) is 0 Å². The number of rotatable bonds is 7. The summed E-state index contributed by atoms with van der Waals surface area (Å²) in [5.41, 5.74) is 7.30. The number of aromatic nitrogens is 2. The largest absolute Gasteiger partial charge is 0.385 e. The first kappa shape index (κ1) is 13.5. The lowest BCUT2D eigenvalue weighted by Gasteiger charge is -2.18. The Labute approximate surface area is 101 Å². The molecule has 0 aliphatic heterocycles. The lowest BCUT2D eigenvalue weighted by molar-refractivity contribution is 0.175. The molecule has 1 rings (SSSR count). The van der Waals surface area contributed by atoms with Gasteiger partial charge in [0.15, 0.2) is 0 Å². The zero-order chi connectivity index (χ0) is 12.0. The molecule has 16 heavy (non-hydrogen) atoms. The van der Waals surface area contributed by atoms with E-state index in [0.717, 1.165) is 36.4 Å². The SMILES string of the molecule is CCCc1nnsc1C(N)C(C)CCOC. The van der Waals surface area contributed by atoms with Gasteiger partial charge in [-0.2, -0.15) is 0 Å². The Hall–Kier alpha value is -0.520. The van der Waals surface area contributed by atoms with Crippen LogP contribution < -0.4 is 5.73 Å². The van der Waals surface area contributed by atoms with Crippen LogP contribution in [0.1, 0.15) is 43.3 Å². The summed E-state index contributed by atoms with van der Waals surface area (Å²) < 4.78 is 9.08. The molecule has 0 radical (unpaired) electrons. The predicted molar refractivity (Wildman–Crippen MR) is 66.5 cm³/mol. The van der Waals surface area contributed by atoms with Gasteiger partial charge in [0.05, 0.1) is 10.6 Å². The van der Waals surface area contributed by atoms with Crippen molar-refractivity contribution >= 4 is 11.5 Å². The molecule has 0 saturated heterocycles. The van der Waals surface area contributed by atoms with E-state index < -0.39 is 0 Å². The molecule has 1 aromatic heterocycles. The second-order valence-electron chi connectivity index (χ2n) is 4.12. The van der Waals surface area contributed by atoms with Gasteiger partial charge in [-0.15, -0.1) is 5.10 Å². The first-order chi connectivity index (χ1) is 7.70. The Morgan fingerprint density at radius 3 is 2.88 bits per heavy atom. The van der Waals surface area contributed by atoms with Crippen molar-refractivity contribution in [3.63, 3.8) is 0 Å². The molecule has 0 fully saturated rings. The molecule has 0 saturated carbocycles. The van der Waals surface area contributed by atoms with Crippen LogP contribution in [-0.2, 0) is 11.2 Å². The average molecular weight is 243 g/mol. The third kappa shape index (κ3) is 3.50. The molecular weight excluding hydrogens is 222 g/mol. The Kier molecular flexibility index (Phi) is 5.87. The standard InChI is InChI=1S/C11H21N3OS/c1-4-5-9-11(16-14-13-9)10(12)8(2)6-7-15-3/h8,10H,4-7,12H2,1-3H3. The highest BCUT2D eigenvalue weighted by Gasteiger charge is 2.20. The number of hydrogen-bond acceptors (Lipinski definition) is 5. The lowest BCUT2D eigenvalue weighted by Crippen LogP contribution is -2.20. The second kappa shape index (κ2) is 6.93. The van der Waals surface area contributed by atoms with Gasteiger partial charge in [-0.3, -0.25) is 0 Å². The van der Waals surface area contributed by atoms with Crippen LogP contribution in [0.15, 0.2) is 0 Å². The molecule has 2 atom stereocenters. The van der Waals surface area contributed by atoms with E-state index in [1.807, 2.05) is 0 Å². The van der Waals surface area contributed by atoms with Gasteiger partial charge in [-0.25, -0.2) is 0 Å². The van der Waals surface area contributed by atoms with E-state index in [0.29, 0.717) is 5.92 Å². The summed E-state index contributed by atoms with van der Waals surface area (Å²) in [6, 6.07) is 0.0386. The van der Waals surface area contributed by atoms with Gasteiger partial charge in [0.2, 0.25) is 0 Å². The quantitative estimate of drug-likeness (QED) is 0.797. The van der Waals surface area contributed by atoms with Gasteiger partial charge in [0.1, 0.15) is 0 Å². The fourth-order valence-electron chi connectivity index (χ4n) is 1.62. The summed E-state index contributed by atoms with van der Waals surface area (Å²) in [6.07, 6.45) is 3.02. The third-order valence-electron chi connectivity index (χ3n) is 2.77. The van der Waals surface area contributed by atoms with Gasteiger partial charge >= 0.3 is 0 Å². The first-order valence-electron chi connectivity index (χ1n) is 5.76. The predicted octanol–water partition coefficient (Wildman–Crippen LogP) is 2.16. The van der Waals surface area contributed by atoms with E-state index in [1.54, 1.807) is 7.11 Å². The zero-order valence-electron chi connectivity index (χ0n) is 10.3. The molecule has 0 spiro atoms. The van der Waals surface area contributed by atoms with Gasteiger partial charge in [-0.05, 0) is 30.3 Å². The van der Waals surface area contributed by atoms with E-state index in [-0.39, 0.29) is 6.04 Å². The maximum absolute atomic E-state index is 6.23. The number of ether oxygens (including phenoxy) is 1. The number of methoxy groups -OCH3 is 1. The van der Waals surface area contributed by atoms with Crippen molar-refractivity contribution in [3.05, 3.63) is 10.6 Å². The van der Waals surface area contributed by atoms with Gasteiger partial charge in [0, 0.05) is 19.8 Å².